The minimum atomic E-state index is -0.599. The molecule has 1 aromatic carbocycles. The van der Waals surface area contributed by atoms with Crippen molar-refractivity contribution < 1.29 is 23.8 Å². The van der Waals surface area contributed by atoms with Crippen LogP contribution in [0.1, 0.15) is 58.0 Å². The molecule has 2 aromatic heterocycles. The SMILES string of the molecule is CO[C@@]12CN(C(=O)c3cc(OCC4CCOCC4)nc(C4CC4)c3)CC1CN(C(=O)c1ccc3n[nH]nc3c1)C2. The number of likely N-dealkylation sites (tertiary alicyclic amines) is 2. The number of carbonyl (C=O) groups is 2. The Bertz CT molecular complexity index is 1430. The van der Waals surface area contributed by atoms with Crippen LogP contribution >= 0.6 is 0 Å². The van der Waals surface area contributed by atoms with Crippen molar-refractivity contribution in [1.29, 1.82) is 0 Å². The zero-order valence-electron chi connectivity index (χ0n) is 22.7. The van der Waals surface area contributed by atoms with Crippen LogP contribution in [0, 0.1) is 11.8 Å². The number of aromatic nitrogens is 4. The lowest BCUT2D eigenvalue weighted by Gasteiger charge is -2.28. The number of hydrogen-bond acceptors (Lipinski definition) is 8. The number of H-pyrrole nitrogens is 1. The molecule has 4 fully saturated rings. The first-order valence-electron chi connectivity index (χ1n) is 14.2. The lowest BCUT2D eigenvalue weighted by Crippen LogP contribution is -2.44. The number of aromatic amines is 1. The Morgan fingerprint density at radius 2 is 1.70 bits per heavy atom. The van der Waals surface area contributed by atoms with Crippen LogP contribution in [0.15, 0.2) is 30.3 Å². The molecule has 1 N–H and O–H groups in total. The minimum Gasteiger partial charge on any atom is -0.477 e. The number of methoxy groups -OCH3 is 1. The lowest BCUT2D eigenvalue weighted by molar-refractivity contribution is -0.0111. The summed E-state index contributed by atoms with van der Waals surface area (Å²) >= 11 is 0. The second-order valence-corrected chi connectivity index (χ2v) is 11.6. The van der Waals surface area contributed by atoms with Crippen LogP contribution in [0.4, 0.5) is 0 Å². The summed E-state index contributed by atoms with van der Waals surface area (Å²) in [6, 6.07) is 9.05. The summed E-state index contributed by atoms with van der Waals surface area (Å²) in [5.41, 5.74) is 2.89. The van der Waals surface area contributed by atoms with Gasteiger partial charge in [-0.15, -0.1) is 0 Å². The maximum atomic E-state index is 13.8. The zero-order chi connectivity index (χ0) is 27.3. The Hall–Kier alpha value is -3.57. The van der Waals surface area contributed by atoms with Crippen LogP contribution in [-0.4, -0.2) is 101 Å². The molecule has 4 aliphatic rings. The molecule has 2 atom stereocenters. The highest BCUT2D eigenvalue weighted by Crippen LogP contribution is 2.42. The maximum absolute atomic E-state index is 13.8. The van der Waals surface area contributed by atoms with E-state index in [0.717, 1.165) is 50.1 Å². The van der Waals surface area contributed by atoms with Crippen LogP contribution < -0.4 is 4.74 Å². The second kappa shape index (κ2) is 10.1. The molecule has 5 heterocycles. The largest absolute Gasteiger partial charge is 0.477 e. The first-order chi connectivity index (χ1) is 19.5. The summed E-state index contributed by atoms with van der Waals surface area (Å²) in [6.45, 7) is 4.03. The van der Waals surface area contributed by atoms with Gasteiger partial charge in [-0.05, 0) is 55.9 Å². The second-order valence-electron chi connectivity index (χ2n) is 11.6. The third-order valence-electron chi connectivity index (χ3n) is 8.96. The molecule has 2 amide bonds. The monoisotopic (exact) mass is 546 g/mol. The van der Waals surface area contributed by atoms with Gasteiger partial charge in [0.05, 0.1) is 19.7 Å². The fraction of sp³-hybridized carbons (Fsp3) is 0.552. The van der Waals surface area contributed by atoms with Gasteiger partial charge in [0.15, 0.2) is 0 Å². The van der Waals surface area contributed by atoms with Crippen LogP contribution in [0.2, 0.25) is 0 Å². The van der Waals surface area contributed by atoms with Gasteiger partial charge in [0.25, 0.3) is 11.8 Å². The van der Waals surface area contributed by atoms with Gasteiger partial charge in [0.1, 0.15) is 16.6 Å². The van der Waals surface area contributed by atoms with E-state index < -0.39 is 5.60 Å². The number of pyridine rings is 1. The number of amides is 2. The van der Waals surface area contributed by atoms with Crippen molar-refractivity contribution in [3.8, 4) is 5.88 Å². The Morgan fingerprint density at radius 3 is 2.40 bits per heavy atom. The van der Waals surface area contributed by atoms with Crippen molar-refractivity contribution in [2.75, 3.05) is 53.1 Å². The molecule has 1 unspecified atom stereocenters. The molecule has 3 saturated heterocycles. The minimum absolute atomic E-state index is 0.0233. The number of fused-ring (bicyclic) bond motifs is 2. The molecule has 40 heavy (non-hydrogen) atoms. The molecule has 210 valence electrons. The van der Waals surface area contributed by atoms with Crippen LogP contribution in [0.5, 0.6) is 5.88 Å². The van der Waals surface area contributed by atoms with Gasteiger partial charge < -0.3 is 24.0 Å². The normalized spacial score (nSPS) is 25.0. The number of benzene rings is 1. The Kier molecular flexibility index (Phi) is 6.42. The number of nitrogens with one attached hydrogen (secondary N) is 1. The van der Waals surface area contributed by atoms with Crippen molar-refractivity contribution in [2.24, 2.45) is 11.8 Å². The Balaban J connectivity index is 1.05. The fourth-order valence-electron chi connectivity index (χ4n) is 6.38. The number of carbonyl (C=O) groups excluding carboxylic acids is 2. The predicted molar refractivity (Wildman–Crippen MR) is 144 cm³/mol. The summed E-state index contributed by atoms with van der Waals surface area (Å²) in [7, 11) is 1.68. The molecule has 11 heteroatoms. The van der Waals surface area contributed by atoms with Crippen molar-refractivity contribution in [3.05, 3.63) is 47.2 Å². The summed E-state index contributed by atoms with van der Waals surface area (Å²) in [5, 5.41) is 10.7. The van der Waals surface area contributed by atoms with Crippen LogP contribution in [0.3, 0.4) is 0 Å². The third kappa shape index (κ3) is 4.71. The van der Waals surface area contributed by atoms with E-state index in [9.17, 15) is 9.59 Å². The molecular weight excluding hydrogens is 512 g/mol. The quantitative estimate of drug-likeness (QED) is 0.480. The zero-order valence-corrected chi connectivity index (χ0v) is 22.7. The van der Waals surface area contributed by atoms with E-state index in [0.29, 0.717) is 67.1 Å². The Morgan fingerprint density at radius 1 is 0.975 bits per heavy atom. The fourth-order valence-corrected chi connectivity index (χ4v) is 6.38. The Labute approximate surface area is 232 Å². The van der Waals surface area contributed by atoms with E-state index in [4.69, 9.17) is 19.2 Å². The first kappa shape index (κ1) is 25.4. The number of nitrogens with zero attached hydrogens (tertiary/aromatic N) is 5. The molecule has 1 aliphatic carbocycles. The molecular formula is C29H34N6O5. The van der Waals surface area contributed by atoms with Crippen molar-refractivity contribution in [1.82, 2.24) is 30.2 Å². The van der Waals surface area contributed by atoms with E-state index in [-0.39, 0.29) is 17.7 Å². The van der Waals surface area contributed by atoms with Gasteiger partial charge in [-0.2, -0.15) is 15.4 Å². The molecule has 0 spiro atoms. The number of ether oxygens (including phenoxy) is 3. The number of rotatable bonds is 7. The molecule has 3 aliphatic heterocycles. The van der Waals surface area contributed by atoms with E-state index in [1.807, 2.05) is 15.9 Å². The van der Waals surface area contributed by atoms with E-state index >= 15 is 0 Å². The topological polar surface area (TPSA) is 123 Å². The van der Waals surface area contributed by atoms with Gasteiger partial charge in [0, 0.05) is 68.1 Å². The predicted octanol–water partition coefficient (Wildman–Crippen LogP) is 2.65. The summed E-state index contributed by atoms with van der Waals surface area (Å²) < 4.78 is 17.6. The van der Waals surface area contributed by atoms with Crippen LogP contribution in [0.25, 0.3) is 11.0 Å². The maximum Gasteiger partial charge on any atom is 0.254 e. The van der Waals surface area contributed by atoms with Crippen molar-refractivity contribution in [3.63, 3.8) is 0 Å². The van der Waals surface area contributed by atoms with Gasteiger partial charge in [-0.3, -0.25) is 9.59 Å². The summed E-state index contributed by atoms with van der Waals surface area (Å²) in [4.78, 5) is 35.6. The average Bonchev–Trinajstić information content (AvgIpc) is 3.48. The summed E-state index contributed by atoms with van der Waals surface area (Å²) in [6.07, 6.45) is 4.15. The smallest absolute Gasteiger partial charge is 0.254 e. The van der Waals surface area contributed by atoms with Gasteiger partial charge >= 0.3 is 0 Å². The average molecular weight is 547 g/mol. The molecule has 0 radical (unpaired) electrons. The standard InChI is InChI=1S/C29H34N6O5/c1-38-29-16-34(27(36)20-4-5-23-25(10-20)32-33-31-23)13-22(29)14-35(17-29)28(37)21-11-24(19-2-3-19)30-26(12-21)40-15-18-6-8-39-9-7-18/h4-5,10-12,18-19,22H,2-3,6-9,13-17H2,1H3,(H,31,32,33)/t22?,29-/m0/s1. The van der Waals surface area contributed by atoms with Crippen molar-refractivity contribution in [2.45, 2.75) is 37.2 Å². The molecule has 0 bridgehead atoms. The van der Waals surface area contributed by atoms with Crippen molar-refractivity contribution >= 4 is 22.8 Å². The van der Waals surface area contributed by atoms with Gasteiger partial charge in [-0.25, -0.2) is 4.98 Å². The highest BCUT2D eigenvalue weighted by Gasteiger charge is 2.55. The van der Waals surface area contributed by atoms with Gasteiger partial charge in [-0.1, -0.05) is 0 Å². The van der Waals surface area contributed by atoms with Gasteiger partial charge in [0.2, 0.25) is 5.88 Å². The molecule has 3 aromatic rings. The molecule has 7 rings (SSSR count). The summed E-state index contributed by atoms with van der Waals surface area (Å²) in [5.74, 6) is 1.29. The molecule has 11 nitrogen and oxygen atoms in total. The first-order valence-corrected chi connectivity index (χ1v) is 14.2. The molecule has 1 saturated carbocycles. The van der Waals surface area contributed by atoms with Crippen LogP contribution in [-0.2, 0) is 9.47 Å². The van der Waals surface area contributed by atoms with E-state index in [1.54, 1.807) is 31.4 Å². The van der Waals surface area contributed by atoms with E-state index in [2.05, 4.69) is 15.4 Å². The van der Waals surface area contributed by atoms with E-state index in [1.165, 1.54) is 0 Å². The lowest BCUT2D eigenvalue weighted by atomic mass is 9.95. The highest BCUT2D eigenvalue weighted by atomic mass is 16.5. The highest BCUT2D eigenvalue weighted by molar-refractivity contribution is 5.98. The number of hydrogen-bond donors (Lipinski definition) is 1. The third-order valence-corrected chi connectivity index (χ3v) is 8.96.